The molecule has 0 atom stereocenters. The number of aryl methyl sites for hydroxylation is 1. The van der Waals surface area contributed by atoms with E-state index in [0.717, 1.165) is 64.6 Å². The van der Waals surface area contributed by atoms with Crippen LogP contribution in [0.5, 0.6) is 0 Å². The van der Waals surface area contributed by atoms with E-state index in [4.69, 9.17) is 0 Å². The Morgan fingerprint density at radius 1 is 1.04 bits per heavy atom. The lowest BCUT2D eigenvalue weighted by Crippen LogP contribution is -2.49. The van der Waals surface area contributed by atoms with Gasteiger partial charge in [-0.1, -0.05) is 6.92 Å². The molecule has 2 aliphatic rings. The zero-order valence-corrected chi connectivity index (χ0v) is 15.0. The molecule has 0 aliphatic carbocycles. The highest BCUT2D eigenvalue weighted by molar-refractivity contribution is 5.92. The van der Waals surface area contributed by atoms with Gasteiger partial charge in [0.05, 0.1) is 0 Å². The van der Waals surface area contributed by atoms with Crippen LogP contribution in [0.1, 0.15) is 23.1 Å². The molecule has 0 spiro atoms. The molecule has 7 heteroatoms. The normalized spacial score (nSPS) is 20.5. The van der Waals surface area contributed by atoms with Crippen LogP contribution in [0.2, 0.25) is 0 Å². The SMILES string of the molecule is CCN1CCN(C(=O)c2cc(C)nc(N3CCN(C)CC3)n2)CC1. The second kappa shape index (κ2) is 7.44. The topological polar surface area (TPSA) is 55.8 Å². The fourth-order valence-electron chi connectivity index (χ4n) is 3.24. The summed E-state index contributed by atoms with van der Waals surface area (Å²) in [6.45, 7) is 12.4. The number of anilines is 1. The van der Waals surface area contributed by atoms with Gasteiger partial charge in [0.25, 0.3) is 5.91 Å². The number of rotatable bonds is 3. The molecule has 0 N–H and O–H groups in total. The highest BCUT2D eigenvalue weighted by Gasteiger charge is 2.24. The summed E-state index contributed by atoms with van der Waals surface area (Å²) in [7, 11) is 2.12. The average Bonchev–Trinajstić information content (AvgIpc) is 2.61. The maximum atomic E-state index is 12.8. The first-order valence-corrected chi connectivity index (χ1v) is 8.87. The average molecular weight is 332 g/mol. The molecule has 0 aromatic carbocycles. The first-order valence-electron chi connectivity index (χ1n) is 8.87. The molecule has 1 aromatic rings. The molecule has 1 aromatic heterocycles. The number of carbonyl (C=O) groups is 1. The van der Waals surface area contributed by atoms with Crippen molar-refractivity contribution >= 4 is 11.9 Å². The predicted octanol–water partition coefficient (Wildman–Crippen LogP) is 0.315. The summed E-state index contributed by atoms with van der Waals surface area (Å²) in [6, 6.07) is 1.81. The molecule has 132 valence electrons. The minimum atomic E-state index is 0.0339. The van der Waals surface area contributed by atoms with Crippen molar-refractivity contribution in [2.75, 3.05) is 70.9 Å². The first kappa shape index (κ1) is 17.1. The van der Waals surface area contributed by atoms with Gasteiger partial charge in [0.2, 0.25) is 5.95 Å². The lowest BCUT2D eigenvalue weighted by molar-refractivity contribution is 0.0637. The van der Waals surface area contributed by atoms with Gasteiger partial charge in [-0.25, -0.2) is 9.97 Å². The van der Waals surface area contributed by atoms with E-state index in [1.165, 1.54) is 0 Å². The van der Waals surface area contributed by atoms with E-state index in [2.05, 4.69) is 38.6 Å². The van der Waals surface area contributed by atoms with Gasteiger partial charge in [-0.15, -0.1) is 0 Å². The van der Waals surface area contributed by atoms with Crippen molar-refractivity contribution in [3.8, 4) is 0 Å². The Hall–Kier alpha value is -1.73. The molecule has 2 aliphatic heterocycles. The first-order chi connectivity index (χ1) is 11.6. The van der Waals surface area contributed by atoms with Crippen molar-refractivity contribution in [1.82, 2.24) is 24.7 Å². The maximum absolute atomic E-state index is 12.8. The van der Waals surface area contributed by atoms with E-state index in [1.54, 1.807) is 0 Å². The van der Waals surface area contributed by atoms with Gasteiger partial charge in [0.15, 0.2) is 0 Å². The fraction of sp³-hybridized carbons (Fsp3) is 0.706. The smallest absolute Gasteiger partial charge is 0.272 e. The largest absolute Gasteiger partial charge is 0.338 e. The summed E-state index contributed by atoms with van der Waals surface area (Å²) < 4.78 is 0. The summed E-state index contributed by atoms with van der Waals surface area (Å²) in [6.07, 6.45) is 0. The van der Waals surface area contributed by atoms with Crippen LogP contribution < -0.4 is 4.90 Å². The van der Waals surface area contributed by atoms with Crippen LogP contribution in [0.3, 0.4) is 0 Å². The predicted molar refractivity (Wildman–Crippen MR) is 94.5 cm³/mol. The zero-order chi connectivity index (χ0) is 17.1. The van der Waals surface area contributed by atoms with E-state index >= 15 is 0 Å². The molecule has 24 heavy (non-hydrogen) atoms. The van der Waals surface area contributed by atoms with Crippen molar-refractivity contribution in [2.24, 2.45) is 0 Å². The molecule has 3 rings (SSSR count). The lowest BCUT2D eigenvalue weighted by Gasteiger charge is -2.34. The molecule has 0 saturated carbocycles. The van der Waals surface area contributed by atoms with Gasteiger partial charge in [-0.3, -0.25) is 4.79 Å². The highest BCUT2D eigenvalue weighted by Crippen LogP contribution is 2.15. The van der Waals surface area contributed by atoms with Crippen LogP contribution in [0.15, 0.2) is 6.07 Å². The van der Waals surface area contributed by atoms with Crippen LogP contribution in [-0.2, 0) is 0 Å². The molecule has 7 nitrogen and oxygen atoms in total. The van der Waals surface area contributed by atoms with Crippen LogP contribution >= 0.6 is 0 Å². The number of aromatic nitrogens is 2. The number of nitrogens with zero attached hydrogens (tertiary/aromatic N) is 6. The minimum absolute atomic E-state index is 0.0339. The Labute approximate surface area is 144 Å². The Bertz CT molecular complexity index is 576. The quantitative estimate of drug-likeness (QED) is 0.794. The van der Waals surface area contributed by atoms with Crippen LogP contribution in [0.4, 0.5) is 5.95 Å². The maximum Gasteiger partial charge on any atom is 0.272 e. The number of piperazine rings is 2. The Balaban J connectivity index is 1.72. The third-order valence-electron chi connectivity index (χ3n) is 4.95. The number of likely N-dealkylation sites (N-methyl/N-ethyl adjacent to an activating group) is 2. The number of hydrogen-bond donors (Lipinski definition) is 0. The van der Waals surface area contributed by atoms with E-state index in [9.17, 15) is 4.79 Å². The molecule has 0 bridgehead atoms. The van der Waals surface area contributed by atoms with Gasteiger partial charge < -0.3 is 19.6 Å². The van der Waals surface area contributed by atoms with Crippen molar-refractivity contribution in [3.63, 3.8) is 0 Å². The third-order valence-corrected chi connectivity index (χ3v) is 4.95. The summed E-state index contributed by atoms with van der Waals surface area (Å²) >= 11 is 0. The Morgan fingerprint density at radius 3 is 2.33 bits per heavy atom. The Kier molecular flexibility index (Phi) is 5.30. The van der Waals surface area contributed by atoms with Gasteiger partial charge in [-0.2, -0.15) is 0 Å². The molecule has 1 amide bonds. The Morgan fingerprint density at radius 2 is 1.71 bits per heavy atom. The fourth-order valence-corrected chi connectivity index (χ4v) is 3.24. The molecule has 0 unspecified atom stereocenters. The van der Waals surface area contributed by atoms with Crippen LogP contribution in [0.25, 0.3) is 0 Å². The number of carbonyl (C=O) groups excluding carboxylic acids is 1. The molecular formula is C17H28N6O. The van der Waals surface area contributed by atoms with Crippen molar-refractivity contribution < 1.29 is 4.79 Å². The molecule has 2 fully saturated rings. The standard InChI is InChI=1S/C17H28N6O/c1-4-21-7-11-22(12-8-21)16(24)15-13-14(2)18-17(19-15)23-9-5-20(3)6-10-23/h13H,4-12H2,1-3H3. The lowest BCUT2D eigenvalue weighted by atomic mass is 10.2. The van der Waals surface area contributed by atoms with Crippen molar-refractivity contribution in [2.45, 2.75) is 13.8 Å². The van der Waals surface area contributed by atoms with Gasteiger partial charge in [-0.05, 0) is 26.6 Å². The van der Waals surface area contributed by atoms with Gasteiger partial charge in [0.1, 0.15) is 5.69 Å². The zero-order valence-electron chi connectivity index (χ0n) is 15.0. The minimum Gasteiger partial charge on any atom is -0.338 e. The second-order valence-electron chi connectivity index (χ2n) is 6.71. The van der Waals surface area contributed by atoms with Gasteiger partial charge >= 0.3 is 0 Å². The molecule has 3 heterocycles. The van der Waals surface area contributed by atoms with Crippen molar-refractivity contribution in [1.29, 1.82) is 0 Å². The molecule has 2 saturated heterocycles. The summed E-state index contributed by atoms with van der Waals surface area (Å²) in [4.78, 5) is 30.7. The summed E-state index contributed by atoms with van der Waals surface area (Å²) in [5.41, 5.74) is 1.39. The monoisotopic (exact) mass is 332 g/mol. The van der Waals surface area contributed by atoms with Crippen LogP contribution in [-0.4, -0.2) is 96.5 Å². The van der Waals surface area contributed by atoms with E-state index in [1.807, 2.05) is 17.9 Å². The second-order valence-corrected chi connectivity index (χ2v) is 6.71. The van der Waals surface area contributed by atoms with Gasteiger partial charge in [0, 0.05) is 58.1 Å². The number of amides is 1. The van der Waals surface area contributed by atoms with E-state index < -0.39 is 0 Å². The number of hydrogen-bond acceptors (Lipinski definition) is 6. The third kappa shape index (κ3) is 3.84. The summed E-state index contributed by atoms with van der Waals surface area (Å²) in [5, 5.41) is 0. The highest BCUT2D eigenvalue weighted by atomic mass is 16.2. The molecule has 0 radical (unpaired) electrons. The molecular weight excluding hydrogens is 304 g/mol. The van der Waals surface area contributed by atoms with Crippen molar-refractivity contribution in [3.05, 3.63) is 17.5 Å². The van der Waals surface area contributed by atoms with E-state index in [-0.39, 0.29) is 5.91 Å². The summed E-state index contributed by atoms with van der Waals surface area (Å²) in [5.74, 6) is 0.727. The van der Waals surface area contributed by atoms with Crippen LogP contribution in [0, 0.1) is 6.92 Å². The van der Waals surface area contributed by atoms with E-state index in [0.29, 0.717) is 11.6 Å².